The van der Waals surface area contributed by atoms with Crippen molar-refractivity contribution in [3.8, 4) is 0 Å². The van der Waals surface area contributed by atoms with Crippen LogP contribution in [0, 0.1) is 13.8 Å². The number of aryl methyl sites for hydroxylation is 2. The maximum absolute atomic E-state index is 12.7. The van der Waals surface area contributed by atoms with Gasteiger partial charge in [0.05, 0.1) is 5.56 Å². The molecule has 1 heterocycles. The summed E-state index contributed by atoms with van der Waals surface area (Å²) in [5.74, 6) is -0.0324. The number of halogens is 1. The Morgan fingerprint density at radius 1 is 1.25 bits per heavy atom. The summed E-state index contributed by atoms with van der Waals surface area (Å²) >= 11 is 3.35. The van der Waals surface area contributed by atoms with E-state index in [4.69, 9.17) is 0 Å². The van der Waals surface area contributed by atoms with Crippen LogP contribution in [0.5, 0.6) is 0 Å². The van der Waals surface area contributed by atoms with E-state index in [2.05, 4.69) is 27.0 Å². The summed E-state index contributed by atoms with van der Waals surface area (Å²) in [6, 6.07) is 7.93. The summed E-state index contributed by atoms with van der Waals surface area (Å²) < 4.78 is 0.806. The number of anilines is 1. The molecule has 0 aliphatic heterocycles. The van der Waals surface area contributed by atoms with Gasteiger partial charge in [-0.25, -0.2) is 0 Å². The van der Waals surface area contributed by atoms with E-state index < -0.39 is 0 Å². The maximum atomic E-state index is 12.7. The number of carbonyl (C=O) groups excluding carboxylic acids is 1. The molecule has 104 valence electrons. The Labute approximate surface area is 127 Å². The molecule has 0 N–H and O–H groups in total. The van der Waals surface area contributed by atoms with E-state index in [1.54, 1.807) is 23.4 Å². The van der Waals surface area contributed by atoms with Crippen molar-refractivity contribution in [3.63, 3.8) is 0 Å². The van der Waals surface area contributed by atoms with Crippen molar-refractivity contribution < 1.29 is 4.79 Å². The normalized spacial score (nSPS) is 10.4. The number of aromatic nitrogens is 1. The molecule has 0 unspecified atom stereocenters. The third-order valence-corrected chi connectivity index (χ3v) is 3.60. The van der Waals surface area contributed by atoms with Gasteiger partial charge in [-0.2, -0.15) is 0 Å². The fourth-order valence-electron chi connectivity index (χ4n) is 2.12. The van der Waals surface area contributed by atoms with E-state index in [9.17, 15) is 4.79 Å². The minimum absolute atomic E-state index is 0.0324. The van der Waals surface area contributed by atoms with Crippen LogP contribution in [0.2, 0.25) is 0 Å². The van der Waals surface area contributed by atoms with Crippen molar-refractivity contribution in [1.29, 1.82) is 0 Å². The average Bonchev–Trinajstić information content (AvgIpc) is 2.43. The largest absolute Gasteiger partial charge is 0.308 e. The average molecular weight is 333 g/mol. The lowest BCUT2D eigenvalue weighted by molar-refractivity contribution is 0.0987. The first-order chi connectivity index (χ1) is 9.52. The number of hydrogen-bond acceptors (Lipinski definition) is 2. The molecule has 0 aliphatic rings. The lowest BCUT2D eigenvalue weighted by Crippen LogP contribution is -2.31. The van der Waals surface area contributed by atoms with Crippen LogP contribution in [0.25, 0.3) is 0 Å². The van der Waals surface area contributed by atoms with Crippen molar-refractivity contribution in [2.45, 2.75) is 20.8 Å². The lowest BCUT2D eigenvalue weighted by atomic mass is 10.1. The molecule has 3 nitrogen and oxygen atoms in total. The highest BCUT2D eigenvalue weighted by atomic mass is 79.9. The lowest BCUT2D eigenvalue weighted by Gasteiger charge is -2.23. The maximum Gasteiger partial charge on any atom is 0.259 e. The molecule has 2 rings (SSSR count). The molecule has 0 aliphatic carbocycles. The van der Waals surface area contributed by atoms with E-state index in [0.29, 0.717) is 12.1 Å². The van der Waals surface area contributed by atoms with Gasteiger partial charge in [0.15, 0.2) is 0 Å². The van der Waals surface area contributed by atoms with Crippen molar-refractivity contribution in [3.05, 3.63) is 57.8 Å². The van der Waals surface area contributed by atoms with Crippen LogP contribution in [0.3, 0.4) is 0 Å². The molecule has 0 spiro atoms. The zero-order valence-electron chi connectivity index (χ0n) is 11.9. The molecule has 0 saturated heterocycles. The molecular formula is C16H17BrN2O. The summed E-state index contributed by atoms with van der Waals surface area (Å²) in [5.41, 5.74) is 3.78. The second kappa shape index (κ2) is 6.18. The molecule has 4 heteroatoms. The van der Waals surface area contributed by atoms with Crippen molar-refractivity contribution >= 4 is 27.5 Å². The van der Waals surface area contributed by atoms with Crippen LogP contribution in [0.4, 0.5) is 5.69 Å². The number of rotatable bonds is 3. The van der Waals surface area contributed by atoms with Gasteiger partial charge in [-0.1, -0.05) is 12.1 Å². The van der Waals surface area contributed by atoms with Gasteiger partial charge in [0, 0.05) is 29.1 Å². The van der Waals surface area contributed by atoms with E-state index in [1.807, 2.05) is 32.9 Å². The van der Waals surface area contributed by atoms with Crippen molar-refractivity contribution in [1.82, 2.24) is 4.98 Å². The molecule has 2 aromatic rings. The van der Waals surface area contributed by atoms with Gasteiger partial charge in [0.2, 0.25) is 0 Å². The second-order valence-corrected chi connectivity index (χ2v) is 5.65. The summed E-state index contributed by atoms with van der Waals surface area (Å²) in [7, 11) is 0. The molecular weight excluding hydrogens is 316 g/mol. The third-order valence-electron chi connectivity index (χ3n) is 3.17. The highest BCUT2D eigenvalue weighted by Crippen LogP contribution is 2.23. The molecule has 0 atom stereocenters. The Kier molecular flexibility index (Phi) is 4.55. The van der Waals surface area contributed by atoms with E-state index >= 15 is 0 Å². The van der Waals surface area contributed by atoms with E-state index in [0.717, 1.165) is 21.3 Å². The molecule has 0 saturated carbocycles. The summed E-state index contributed by atoms with van der Waals surface area (Å²) in [6.45, 7) is 6.65. The van der Waals surface area contributed by atoms with E-state index in [1.165, 1.54) is 0 Å². The molecule has 0 fully saturated rings. The van der Waals surface area contributed by atoms with Crippen LogP contribution in [-0.4, -0.2) is 17.4 Å². The Balaban J connectivity index is 2.42. The number of hydrogen-bond donors (Lipinski definition) is 0. The predicted octanol–water partition coefficient (Wildman–Crippen LogP) is 4.13. The first-order valence-corrected chi connectivity index (χ1v) is 7.32. The van der Waals surface area contributed by atoms with Crippen LogP contribution >= 0.6 is 15.9 Å². The molecule has 1 amide bonds. The van der Waals surface area contributed by atoms with Gasteiger partial charge in [-0.05, 0) is 60.0 Å². The SMILES string of the molecule is CCN(C(=O)c1cncc(Br)c1)c1cc(C)ccc1C. The smallest absolute Gasteiger partial charge is 0.259 e. The number of amides is 1. The Hall–Kier alpha value is -1.68. The van der Waals surface area contributed by atoms with Gasteiger partial charge in [0.25, 0.3) is 5.91 Å². The molecule has 1 aromatic heterocycles. The summed E-state index contributed by atoms with van der Waals surface area (Å²) in [6.07, 6.45) is 3.27. The molecule has 20 heavy (non-hydrogen) atoms. The highest BCUT2D eigenvalue weighted by molar-refractivity contribution is 9.10. The topological polar surface area (TPSA) is 33.2 Å². The number of pyridine rings is 1. The van der Waals surface area contributed by atoms with Gasteiger partial charge < -0.3 is 4.90 Å². The standard InChI is InChI=1S/C16H17BrN2O/c1-4-19(15-7-11(2)5-6-12(15)3)16(20)13-8-14(17)10-18-9-13/h5-10H,4H2,1-3H3. The fourth-order valence-corrected chi connectivity index (χ4v) is 2.48. The van der Waals surface area contributed by atoms with Crippen LogP contribution < -0.4 is 4.90 Å². The van der Waals surface area contributed by atoms with Gasteiger partial charge in [-0.15, -0.1) is 0 Å². The highest BCUT2D eigenvalue weighted by Gasteiger charge is 2.18. The van der Waals surface area contributed by atoms with Crippen LogP contribution in [0.15, 0.2) is 41.1 Å². The third kappa shape index (κ3) is 3.07. The minimum atomic E-state index is -0.0324. The van der Waals surface area contributed by atoms with E-state index in [-0.39, 0.29) is 5.91 Å². The van der Waals surface area contributed by atoms with Gasteiger partial charge in [-0.3, -0.25) is 9.78 Å². The monoisotopic (exact) mass is 332 g/mol. The predicted molar refractivity (Wildman–Crippen MR) is 85.2 cm³/mol. The number of nitrogens with zero attached hydrogens (tertiary/aromatic N) is 2. The molecule has 1 aromatic carbocycles. The zero-order chi connectivity index (χ0) is 14.7. The van der Waals surface area contributed by atoms with Crippen molar-refractivity contribution in [2.75, 3.05) is 11.4 Å². The second-order valence-electron chi connectivity index (χ2n) is 4.73. The Bertz CT molecular complexity index is 640. The Morgan fingerprint density at radius 2 is 2.00 bits per heavy atom. The first kappa shape index (κ1) is 14.7. The van der Waals surface area contributed by atoms with Crippen LogP contribution in [-0.2, 0) is 0 Å². The Morgan fingerprint density at radius 3 is 2.65 bits per heavy atom. The van der Waals surface area contributed by atoms with Crippen molar-refractivity contribution in [2.24, 2.45) is 0 Å². The molecule has 0 bridgehead atoms. The number of benzene rings is 1. The van der Waals surface area contributed by atoms with Gasteiger partial charge >= 0.3 is 0 Å². The number of carbonyl (C=O) groups is 1. The minimum Gasteiger partial charge on any atom is -0.308 e. The first-order valence-electron chi connectivity index (χ1n) is 6.52. The fraction of sp³-hybridized carbons (Fsp3) is 0.250. The van der Waals surface area contributed by atoms with Crippen LogP contribution in [0.1, 0.15) is 28.4 Å². The summed E-state index contributed by atoms with van der Waals surface area (Å²) in [5, 5.41) is 0. The molecule has 0 radical (unpaired) electrons. The van der Waals surface area contributed by atoms with Gasteiger partial charge in [0.1, 0.15) is 0 Å². The summed E-state index contributed by atoms with van der Waals surface area (Å²) in [4.78, 5) is 18.5. The zero-order valence-corrected chi connectivity index (χ0v) is 13.4. The quantitative estimate of drug-likeness (QED) is 0.846.